The lowest BCUT2D eigenvalue weighted by Gasteiger charge is -2.06. The van der Waals surface area contributed by atoms with Gasteiger partial charge in [-0.05, 0) is 41.1 Å². The second-order valence-corrected chi connectivity index (χ2v) is 5.75. The van der Waals surface area contributed by atoms with Crippen LogP contribution in [0.1, 0.15) is 11.3 Å². The summed E-state index contributed by atoms with van der Waals surface area (Å²) in [5.74, 6) is -0.976. The van der Waals surface area contributed by atoms with E-state index < -0.39 is 5.97 Å². The summed E-state index contributed by atoms with van der Waals surface area (Å²) in [6, 6.07) is 5.13. The maximum absolute atomic E-state index is 10.6. The molecule has 2 aromatic rings. The van der Waals surface area contributed by atoms with Crippen molar-refractivity contribution in [1.82, 2.24) is 0 Å². The van der Waals surface area contributed by atoms with E-state index in [9.17, 15) is 9.90 Å². The molecule has 0 aliphatic carbocycles. The molecule has 3 nitrogen and oxygen atoms in total. The predicted octanol–water partition coefficient (Wildman–Crippen LogP) is 4.44. The van der Waals surface area contributed by atoms with Crippen LogP contribution in [0.4, 0.5) is 0 Å². The van der Waals surface area contributed by atoms with Gasteiger partial charge >= 0.3 is 5.97 Å². The molecule has 100 valence electrons. The van der Waals surface area contributed by atoms with Crippen molar-refractivity contribution in [2.45, 2.75) is 12.8 Å². The molecular weight excluding hydrogens is 307 g/mol. The Kier molecular flexibility index (Phi) is 4.34. The Morgan fingerprint density at radius 1 is 1.26 bits per heavy atom. The van der Waals surface area contributed by atoms with Crippen molar-refractivity contribution in [2.75, 3.05) is 0 Å². The van der Waals surface area contributed by atoms with Crippen molar-refractivity contribution >= 4 is 40.5 Å². The monoisotopic (exact) mass is 316 g/mol. The third-order valence-corrected chi connectivity index (χ3v) is 4.20. The number of hydrogen-bond acceptors (Lipinski definition) is 3. The highest BCUT2D eigenvalue weighted by atomic mass is 35.5. The summed E-state index contributed by atoms with van der Waals surface area (Å²) in [7, 11) is 0. The Labute approximate surface area is 124 Å². The number of carbonyl (C=O) groups is 1. The van der Waals surface area contributed by atoms with Crippen LogP contribution in [0.15, 0.2) is 23.6 Å². The molecule has 1 aromatic heterocycles. The van der Waals surface area contributed by atoms with Crippen LogP contribution in [-0.2, 0) is 11.2 Å². The maximum atomic E-state index is 10.6. The first-order valence-corrected chi connectivity index (χ1v) is 7.09. The number of aliphatic carboxylic acids is 1. The van der Waals surface area contributed by atoms with Gasteiger partial charge in [-0.3, -0.25) is 4.79 Å². The van der Waals surface area contributed by atoms with Crippen molar-refractivity contribution in [2.24, 2.45) is 0 Å². The summed E-state index contributed by atoms with van der Waals surface area (Å²) in [4.78, 5) is 11.6. The van der Waals surface area contributed by atoms with Gasteiger partial charge in [-0.1, -0.05) is 23.2 Å². The summed E-state index contributed by atoms with van der Waals surface area (Å²) in [6.45, 7) is 0. The molecule has 1 aromatic carbocycles. The first-order chi connectivity index (χ1) is 8.99. The van der Waals surface area contributed by atoms with Gasteiger partial charge in [-0.2, -0.15) is 0 Å². The number of thiophene rings is 1. The van der Waals surface area contributed by atoms with Gasteiger partial charge in [0.25, 0.3) is 0 Å². The van der Waals surface area contributed by atoms with E-state index in [2.05, 4.69) is 0 Å². The Bertz CT molecular complexity index is 599. The standard InChI is InChI=1S/C13H10Cl2O3S/c14-9-5-7(6-10(15)13(9)18)8-3-4-19-11(8)1-2-12(16)17/h3-6,18H,1-2H2,(H,16,17). The Hall–Kier alpha value is -1.23. The minimum Gasteiger partial charge on any atom is -0.505 e. The first kappa shape index (κ1) is 14.2. The number of carboxylic acid groups (broad SMARTS) is 1. The van der Waals surface area contributed by atoms with Gasteiger partial charge < -0.3 is 10.2 Å². The Balaban J connectivity index is 2.37. The molecule has 0 amide bonds. The molecule has 0 saturated carbocycles. The van der Waals surface area contributed by atoms with Gasteiger partial charge in [0.2, 0.25) is 0 Å². The highest BCUT2D eigenvalue weighted by Crippen LogP contribution is 2.38. The lowest BCUT2D eigenvalue weighted by atomic mass is 10.0. The number of benzene rings is 1. The summed E-state index contributed by atoms with van der Waals surface area (Å²) in [6.07, 6.45) is 0.533. The van der Waals surface area contributed by atoms with Gasteiger partial charge in [0, 0.05) is 4.88 Å². The molecule has 2 rings (SSSR count). The van der Waals surface area contributed by atoms with Gasteiger partial charge in [-0.15, -0.1) is 11.3 Å². The average Bonchev–Trinajstić information content (AvgIpc) is 2.81. The molecule has 19 heavy (non-hydrogen) atoms. The van der Waals surface area contributed by atoms with Crippen LogP contribution in [0.5, 0.6) is 5.75 Å². The molecule has 0 aliphatic heterocycles. The van der Waals surface area contributed by atoms with E-state index in [0.717, 1.165) is 16.0 Å². The van der Waals surface area contributed by atoms with Crippen LogP contribution in [0.2, 0.25) is 10.0 Å². The van der Waals surface area contributed by atoms with E-state index in [1.165, 1.54) is 11.3 Å². The second kappa shape index (κ2) is 5.82. The number of rotatable bonds is 4. The van der Waals surface area contributed by atoms with Crippen LogP contribution in [0.3, 0.4) is 0 Å². The van der Waals surface area contributed by atoms with Crippen molar-refractivity contribution in [3.05, 3.63) is 38.5 Å². The molecule has 0 atom stereocenters. The van der Waals surface area contributed by atoms with Crippen molar-refractivity contribution in [3.8, 4) is 16.9 Å². The molecule has 0 aliphatic rings. The third kappa shape index (κ3) is 3.21. The van der Waals surface area contributed by atoms with Crippen molar-refractivity contribution in [1.29, 1.82) is 0 Å². The van der Waals surface area contributed by atoms with Gasteiger partial charge in [0.1, 0.15) is 0 Å². The van der Waals surface area contributed by atoms with Crippen molar-refractivity contribution < 1.29 is 15.0 Å². The molecule has 0 bridgehead atoms. The number of aryl methyl sites for hydroxylation is 1. The quantitative estimate of drug-likeness (QED) is 0.876. The fourth-order valence-corrected chi connectivity index (χ4v) is 3.12. The Morgan fingerprint density at radius 3 is 2.47 bits per heavy atom. The van der Waals surface area contributed by atoms with Crippen LogP contribution in [0, 0.1) is 0 Å². The van der Waals surface area contributed by atoms with E-state index >= 15 is 0 Å². The fourth-order valence-electron chi connectivity index (χ4n) is 1.73. The highest BCUT2D eigenvalue weighted by Gasteiger charge is 2.12. The molecule has 2 N–H and O–H groups in total. The topological polar surface area (TPSA) is 57.5 Å². The SMILES string of the molecule is O=C(O)CCc1sccc1-c1cc(Cl)c(O)c(Cl)c1. The van der Waals surface area contributed by atoms with Crippen LogP contribution >= 0.6 is 34.5 Å². The molecule has 0 radical (unpaired) electrons. The number of phenolic OH excluding ortho intramolecular Hbond substituents is 1. The summed E-state index contributed by atoms with van der Waals surface area (Å²) >= 11 is 13.3. The van der Waals surface area contributed by atoms with E-state index in [-0.39, 0.29) is 22.2 Å². The van der Waals surface area contributed by atoms with Gasteiger partial charge in [0.15, 0.2) is 5.75 Å². The number of halogens is 2. The molecule has 1 heterocycles. The van der Waals surface area contributed by atoms with E-state index in [1.807, 2.05) is 11.4 Å². The van der Waals surface area contributed by atoms with Crippen molar-refractivity contribution in [3.63, 3.8) is 0 Å². The van der Waals surface area contributed by atoms with Crippen LogP contribution < -0.4 is 0 Å². The number of carboxylic acids is 1. The molecule has 0 fully saturated rings. The Morgan fingerprint density at radius 2 is 1.89 bits per heavy atom. The number of phenols is 1. The van der Waals surface area contributed by atoms with Gasteiger partial charge in [0.05, 0.1) is 16.5 Å². The zero-order chi connectivity index (χ0) is 14.0. The van der Waals surface area contributed by atoms with Crippen LogP contribution in [0.25, 0.3) is 11.1 Å². The fraction of sp³-hybridized carbons (Fsp3) is 0.154. The number of hydrogen-bond donors (Lipinski definition) is 2. The molecular formula is C13H10Cl2O3S. The van der Waals surface area contributed by atoms with E-state index in [4.69, 9.17) is 28.3 Å². The van der Waals surface area contributed by atoms with E-state index in [1.54, 1.807) is 12.1 Å². The first-order valence-electron chi connectivity index (χ1n) is 5.45. The molecule has 6 heteroatoms. The summed E-state index contributed by atoms with van der Waals surface area (Å²) in [5.41, 5.74) is 1.67. The minimum absolute atomic E-state index is 0.0764. The normalized spacial score (nSPS) is 10.6. The van der Waals surface area contributed by atoms with Gasteiger partial charge in [-0.25, -0.2) is 0 Å². The smallest absolute Gasteiger partial charge is 0.303 e. The predicted molar refractivity (Wildman–Crippen MR) is 77.4 cm³/mol. The lowest BCUT2D eigenvalue weighted by molar-refractivity contribution is -0.136. The summed E-state index contributed by atoms with van der Waals surface area (Å²) < 4.78 is 0. The zero-order valence-corrected chi connectivity index (χ0v) is 12.0. The third-order valence-electron chi connectivity index (χ3n) is 2.64. The second-order valence-electron chi connectivity index (χ2n) is 3.94. The summed E-state index contributed by atoms with van der Waals surface area (Å²) in [5, 5.41) is 20.5. The molecule has 0 unspecified atom stereocenters. The largest absolute Gasteiger partial charge is 0.505 e. The minimum atomic E-state index is -0.832. The maximum Gasteiger partial charge on any atom is 0.303 e. The lowest BCUT2D eigenvalue weighted by Crippen LogP contribution is -1.96. The van der Waals surface area contributed by atoms with Crippen LogP contribution in [-0.4, -0.2) is 16.2 Å². The number of aromatic hydroxyl groups is 1. The highest BCUT2D eigenvalue weighted by molar-refractivity contribution is 7.10. The average molecular weight is 317 g/mol. The molecule has 0 spiro atoms. The molecule has 0 saturated heterocycles. The van der Waals surface area contributed by atoms with E-state index in [0.29, 0.717) is 6.42 Å². The zero-order valence-electron chi connectivity index (χ0n) is 9.69.